The van der Waals surface area contributed by atoms with Gasteiger partial charge in [0.15, 0.2) is 0 Å². The van der Waals surface area contributed by atoms with Crippen LogP contribution in [0, 0.1) is 11.8 Å². The number of allylic oxidation sites excluding steroid dienone is 2. The van der Waals surface area contributed by atoms with E-state index in [-0.39, 0.29) is 5.91 Å². The number of aliphatic carboxylic acids is 1. The fourth-order valence-corrected chi connectivity index (χ4v) is 3.01. The van der Waals surface area contributed by atoms with E-state index in [1.165, 1.54) is 5.56 Å². The fraction of sp³-hybridized carbons (Fsp3) is 0.474. The van der Waals surface area contributed by atoms with Crippen LogP contribution in [0.25, 0.3) is 0 Å². The van der Waals surface area contributed by atoms with E-state index in [4.69, 9.17) is 0 Å². The van der Waals surface area contributed by atoms with Crippen LogP contribution >= 0.6 is 0 Å². The Labute approximate surface area is 137 Å². The Balaban J connectivity index is 2.13. The van der Waals surface area contributed by atoms with Gasteiger partial charge in [0.1, 0.15) is 0 Å². The van der Waals surface area contributed by atoms with E-state index < -0.39 is 17.8 Å². The SMILES string of the molecule is CC1=C(C)C[C@@H](C(=O)O)[C@@H](C(=O)Nc2ccc(C(C)C)cc2)C1. The zero-order valence-corrected chi connectivity index (χ0v) is 14.2. The number of benzene rings is 1. The van der Waals surface area contributed by atoms with Gasteiger partial charge in [-0.3, -0.25) is 9.59 Å². The fourth-order valence-electron chi connectivity index (χ4n) is 3.01. The molecule has 1 aliphatic carbocycles. The molecule has 4 heteroatoms. The van der Waals surface area contributed by atoms with E-state index in [9.17, 15) is 14.7 Å². The minimum atomic E-state index is -0.896. The van der Waals surface area contributed by atoms with Crippen LogP contribution in [0.1, 0.15) is 52.0 Å². The Morgan fingerprint density at radius 1 is 1.04 bits per heavy atom. The van der Waals surface area contributed by atoms with Crippen molar-refractivity contribution in [2.24, 2.45) is 11.8 Å². The second-order valence-corrected chi connectivity index (χ2v) is 6.79. The average molecular weight is 315 g/mol. The predicted octanol–water partition coefficient (Wildman–Crippen LogP) is 4.20. The topological polar surface area (TPSA) is 66.4 Å². The lowest BCUT2D eigenvalue weighted by Crippen LogP contribution is -2.36. The molecular formula is C19H25NO3. The van der Waals surface area contributed by atoms with Gasteiger partial charge in [0, 0.05) is 5.69 Å². The third-order valence-electron chi connectivity index (χ3n) is 4.77. The van der Waals surface area contributed by atoms with E-state index in [1.54, 1.807) is 0 Å². The standard InChI is InChI=1S/C19H25NO3/c1-11(2)14-5-7-15(8-6-14)20-18(21)16-9-12(3)13(4)10-17(16)19(22)23/h5-8,11,16-17H,9-10H2,1-4H3,(H,20,21)(H,22,23)/t16-,17+/m0/s1. The maximum absolute atomic E-state index is 12.6. The normalized spacial score (nSPS) is 21.4. The first-order valence-electron chi connectivity index (χ1n) is 8.08. The van der Waals surface area contributed by atoms with Gasteiger partial charge in [-0.05, 0) is 50.3 Å². The van der Waals surface area contributed by atoms with Crippen LogP contribution in [0.5, 0.6) is 0 Å². The van der Waals surface area contributed by atoms with Crippen molar-refractivity contribution >= 4 is 17.6 Å². The molecule has 0 saturated heterocycles. The number of nitrogens with one attached hydrogen (secondary N) is 1. The summed E-state index contributed by atoms with van der Waals surface area (Å²) in [6, 6.07) is 7.73. The highest BCUT2D eigenvalue weighted by Crippen LogP contribution is 2.35. The molecule has 0 spiro atoms. The van der Waals surface area contributed by atoms with Crippen molar-refractivity contribution < 1.29 is 14.7 Å². The minimum Gasteiger partial charge on any atom is -0.481 e. The molecule has 0 aromatic heterocycles. The molecule has 0 radical (unpaired) electrons. The second-order valence-electron chi connectivity index (χ2n) is 6.79. The molecule has 2 rings (SSSR count). The van der Waals surface area contributed by atoms with Crippen LogP contribution in [-0.2, 0) is 9.59 Å². The van der Waals surface area contributed by atoms with Gasteiger partial charge < -0.3 is 10.4 Å². The summed E-state index contributed by atoms with van der Waals surface area (Å²) in [6.45, 7) is 8.16. The third kappa shape index (κ3) is 4.01. The second kappa shape index (κ2) is 6.99. The van der Waals surface area contributed by atoms with Crippen LogP contribution in [0.3, 0.4) is 0 Å². The Hall–Kier alpha value is -2.10. The molecule has 0 unspecified atom stereocenters. The quantitative estimate of drug-likeness (QED) is 0.818. The molecule has 124 valence electrons. The van der Waals surface area contributed by atoms with Crippen LogP contribution in [0.4, 0.5) is 5.69 Å². The number of carboxylic acid groups (broad SMARTS) is 1. The Morgan fingerprint density at radius 2 is 1.57 bits per heavy atom. The molecule has 1 aromatic rings. The molecule has 0 bridgehead atoms. The van der Waals surface area contributed by atoms with Gasteiger partial charge in [0.05, 0.1) is 11.8 Å². The third-order valence-corrected chi connectivity index (χ3v) is 4.77. The molecule has 1 amide bonds. The molecule has 2 N–H and O–H groups in total. The highest BCUT2D eigenvalue weighted by molar-refractivity contribution is 5.95. The summed E-state index contributed by atoms with van der Waals surface area (Å²) in [5, 5.41) is 12.3. The summed E-state index contributed by atoms with van der Waals surface area (Å²) in [5.41, 5.74) is 4.13. The molecule has 0 saturated carbocycles. The summed E-state index contributed by atoms with van der Waals surface area (Å²) in [5.74, 6) is -1.83. The number of carbonyl (C=O) groups is 2. The summed E-state index contributed by atoms with van der Waals surface area (Å²) in [6.07, 6.45) is 0.963. The minimum absolute atomic E-state index is 0.207. The first-order valence-corrected chi connectivity index (χ1v) is 8.08. The molecule has 23 heavy (non-hydrogen) atoms. The van der Waals surface area contributed by atoms with Crippen LogP contribution in [0.2, 0.25) is 0 Å². The maximum atomic E-state index is 12.6. The largest absolute Gasteiger partial charge is 0.481 e. The number of amides is 1. The number of hydrogen-bond donors (Lipinski definition) is 2. The summed E-state index contributed by atoms with van der Waals surface area (Å²) < 4.78 is 0. The van der Waals surface area contributed by atoms with Gasteiger partial charge >= 0.3 is 5.97 Å². The van der Waals surface area contributed by atoms with Gasteiger partial charge in [-0.2, -0.15) is 0 Å². The van der Waals surface area contributed by atoms with Crippen LogP contribution in [0.15, 0.2) is 35.4 Å². The number of carboxylic acids is 1. The van der Waals surface area contributed by atoms with Gasteiger partial charge in [0.2, 0.25) is 5.91 Å². The van der Waals surface area contributed by atoms with Gasteiger partial charge in [0.25, 0.3) is 0 Å². The van der Waals surface area contributed by atoms with Crippen molar-refractivity contribution in [3.63, 3.8) is 0 Å². The Morgan fingerprint density at radius 3 is 2.04 bits per heavy atom. The molecule has 2 atom stereocenters. The van der Waals surface area contributed by atoms with Crippen molar-refractivity contribution in [2.45, 2.75) is 46.5 Å². The van der Waals surface area contributed by atoms with Crippen LogP contribution < -0.4 is 5.32 Å². The number of rotatable bonds is 4. The Bertz CT molecular complexity index is 629. The highest BCUT2D eigenvalue weighted by atomic mass is 16.4. The number of hydrogen-bond acceptors (Lipinski definition) is 2. The average Bonchev–Trinajstić information content (AvgIpc) is 2.49. The smallest absolute Gasteiger partial charge is 0.307 e. The van der Waals surface area contributed by atoms with Crippen molar-refractivity contribution in [3.05, 3.63) is 41.0 Å². The molecule has 1 aromatic carbocycles. The van der Waals surface area contributed by atoms with E-state index in [1.807, 2.05) is 38.1 Å². The van der Waals surface area contributed by atoms with Crippen molar-refractivity contribution in [2.75, 3.05) is 5.32 Å². The molecule has 0 heterocycles. The van der Waals surface area contributed by atoms with Crippen molar-refractivity contribution in [1.29, 1.82) is 0 Å². The Kier molecular flexibility index (Phi) is 5.24. The number of carbonyl (C=O) groups excluding carboxylic acids is 1. The number of anilines is 1. The lowest BCUT2D eigenvalue weighted by molar-refractivity contribution is -0.146. The lowest BCUT2D eigenvalue weighted by Gasteiger charge is -2.29. The maximum Gasteiger partial charge on any atom is 0.307 e. The van der Waals surface area contributed by atoms with E-state index in [0.717, 1.165) is 11.1 Å². The van der Waals surface area contributed by atoms with Crippen molar-refractivity contribution in [1.82, 2.24) is 0 Å². The summed E-state index contributed by atoms with van der Waals surface area (Å²) in [7, 11) is 0. The molecule has 4 nitrogen and oxygen atoms in total. The van der Waals surface area contributed by atoms with Gasteiger partial charge in [-0.25, -0.2) is 0 Å². The van der Waals surface area contributed by atoms with Crippen LogP contribution in [-0.4, -0.2) is 17.0 Å². The monoisotopic (exact) mass is 315 g/mol. The van der Waals surface area contributed by atoms with Gasteiger partial charge in [-0.1, -0.05) is 37.1 Å². The first-order chi connectivity index (χ1) is 10.8. The molecule has 0 aliphatic heterocycles. The predicted molar refractivity (Wildman–Crippen MR) is 91.4 cm³/mol. The van der Waals surface area contributed by atoms with Crippen molar-refractivity contribution in [3.8, 4) is 0 Å². The van der Waals surface area contributed by atoms with E-state index in [2.05, 4.69) is 19.2 Å². The zero-order valence-electron chi connectivity index (χ0n) is 14.2. The molecule has 0 fully saturated rings. The lowest BCUT2D eigenvalue weighted by atomic mass is 9.76. The summed E-state index contributed by atoms with van der Waals surface area (Å²) in [4.78, 5) is 24.0. The van der Waals surface area contributed by atoms with Gasteiger partial charge in [-0.15, -0.1) is 0 Å². The molecular weight excluding hydrogens is 290 g/mol. The van der Waals surface area contributed by atoms with E-state index >= 15 is 0 Å². The first kappa shape index (κ1) is 17.3. The zero-order chi connectivity index (χ0) is 17.1. The highest BCUT2D eigenvalue weighted by Gasteiger charge is 2.37. The molecule has 1 aliphatic rings. The summed E-state index contributed by atoms with van der Waals surface area (Å²) >= 11 is 0. The van der Waals surface area contributed by atoms with E-state index in [0.29, 0.717) is 24.4 Å².